The van der Waals surface area contributed by atoms with Crippen molar-refractivity contribution < 1.29 is 4.79 Å². The van der Waals surface area contributed by atoms with Crippen molar-refractivity contribution in [2.45, 2.75) is 32.7 Å². The lowest BCUT2D eigenvalue weighted by Gasteiger charge is -2.11. The highest BCUT2D eigenvalue weighted by Crippen LogP contribution is 2.20. The van der Waals surface area contributed by atoms with Crippen LogP contribution in [-0.4, -0.2) is 44.0 Å². The van der Waals surface area contributed by atoms with Crippen LogP contribution < -0.4 is 16.4 Å². The first-order valence-corrected chi connectivity index (χ1v) is 10.1. The van der Waals surface area contributed by atoms with Crippen LogP contribution in [0.25, 0.3) is 0 Å². The number of anilines is 1. The fourth-order valence-electron chi connectivity index (χ4n) is 2.80. The van der Waals surface area contributed by atoms with Crippen LogP contribution in [0.2, 0.25) is 0 Å². The van der Waals surface area contributed by atoms with Gasteiger partial charge in [-0.05, 0) is 61.8 Å². The molecule has 29 heavy (non-hydrogen) atoms. The van der Waals surface area contributed by atoms with E-state index >= 15 is 0 Å². The van der Waals surface area contributed by atoms with Gasteiger partial charge in [0.25, 0.3) is 5.91 Å². The van der Waals surface area contributed by atoms with Gasteiger partial charge in [0, 0.05) is 24.3 Å². The molecule has 0 spiro atoms. The molecule has 0 bridgehead atoms. The van der Waals surface area contributed by atoms with Crippen LogP contribution in [-0.2, 0) is 6.54 Å². The molecule has 0 saturated heterocycles. The summed E-state index contributed by atoms with van der Waals surface area (Å²) >= 11 is 0. The lowest BCUT2D eigenvalue weighted by molar-refractivity contribution is 0.0951. The lowest BCUT2D eigenvalue weighted by atomic mass is 9.99. The molecule has 2 aromatic rings. The maximum atomic E-state index is 12.3. The van der Waals surface area contributed by atoms with Crippen LogP contribution in [0.5, 0.6) is 0 Å². The summed E-state index contributed by atoms with van der Waals surface area (Å²) in [7, 11) is 3.95. The molecule has 2 rings (SSSR count). The van der Waals surface area contributed by atoms with E-state index in [1.165, 1.54) is 5.56 Å². The summed E-state index contributed by atoms with van der Waals surface area (Å²) in [6, 6.07) is 15.7. The van der Waals surface area contributed by atoms with E-state index in [9.17, 15) is 4.79 Å². The number of amides is 1. The molecule has 6 heteroatoms. The standard InChI is InChI=1S/C23H33N5O/c1-5-17(2)19-9-11-21(12-10-19)27-23(24)26-16-18-7-6-8-20(15-18)22(29)25-13-14-28(3)4/h6-12,15,17H,5,13-14,16H2,1-4H3,(H,25,29)(H3,24,26,27). The summed E-state index contributed by atoms with van der Waals surface area (Å²) in [5, 5.41) is 6.03. The van der Waals surface area contributed by atoms with Crippen LogP contribution in [0, 0.1) is 0 Å². The van der Waals surface area contributed by atoms with Crippen molar-refractivity contribution in [3.05, 3.63) is 65.2 Å². The number of hydrogen-bond acceptors (Lipinski definition) is 3. The Bertz CT molecular complexity index is 814. The Hall–Kier alpha value is -2.86. The topological polar surface area (TPSA) is 82.7 Å². The summed E-state index contributed by atoms with van der Waals surface area (Å²) in [4.78, 5) is 18.7. The molecule has 156 valence electrons. The molecule has 0 aromatic heterocycles. The SMILES string of the molecule is CCC(C)c1ccc(NC(N)=NCc2cccc(C(=O)NCCN(C)C)c2)cc1. The van der Waals surface area contributed by atoms with Crippen molar-refractivity contribution in [2.24, 2.45) is 10.7 Å². The van der Waals surface area contributed by atoms with E-state index in [1.807, 2.05) is 49.3 Å². The van der Waals surface area contributed by atoms with Gasteiger partial charge in [0.15, 0.2) is 5.96 Å². The predicted molar refractivity (Wildman–Crippen MR) is 121 cm³/mol. The number of guanidine groups is 1. The summed E-state index contributed by atoms with van der Waals surface area (Å²) in [6.45, 7) is 6.22. The van der Waals surface area contributed by atoms with Gasteiger partial charge < -0.3 is 21.3 Å². The maximum absolute atomic E-state index is 12.3. The van der Waals surface area contributed by atoms with E-state index < -0.39 is 0 Å². The average molecular weight is 396 g/mol. The molecule has 1 atom stereocenters. The second kappa shape index (κ2) is 11.2. The molecule has 4 N–H and O–H groups in total. The molecular formula is C23H33N5O. The van der Waals surface area contributed by atoms with E-state index in [0.29, 0.717) is 30.5 Å². The Balaban J connectivity index is 1.92. The molecule has 2 aromatic carbocycles. The number of rotatable bonds is 9. The predicted octanol–water partition coefficient (Wildman–Crippen LogP) is 3.42. The zero-order valence-electron chi connectivity index (χ0n) is 17.9. The van der Waals surface area contributed by atoms with Gasteiger partial charge in [-0.15, -0.1) is 0 Å². The molecular weight excluding hydrogens is 362 g/mol. The fourth-order valence-corrected chi connectivity index (χ4v) is 2.80. The zero-order chi connectivity index (χ0) is 21.2. The van der Waals surface area contributed by atoms with Crippen LogP contribution in [0.15, 0.2) is 53.5 Å². The number of likely N-dealkylation sites (N-methyl/N-ethyl adjacent to an activating group) is 1. The van der Waals surface area contributed by atoms with Crippen LogP contribution in [0.3, 0.4) is 0 Å². The number of nitrogens with two attached hydrogens (primary N) is 1. The van der Waals surface area contributed by atoms with E-state index in [0.717, 1.165) is 24.2 Å². The van der Waals surface area contributed by atoms with Gasteiger partial charge in [0.1, 0.15) is 0 Å². The third kappa shape index (κ3) is 7.58. The fraction of sp³-hybridized carbons (Fsp3) is 0.391. The minimum Gasteiger partial charge on any atom is -0.370 e. The third-order valence-corrected chi connectivity index (χ3v) is 4.83. The Labute approximate surface area is 174 Å². The minimum absolute atomic E-state index is 0.0785. The van der Waals surface area contributed by atoms with Gasteiger partial charge in [0.2, 0.25) is 0 Å². The number of hydrogen-bond donors (Lipinski definition) is 3. The third-order valence-electron chi connectivity index (χ3n) is 4.83. The first-order valence-electron chi connectivity index (χ1n) is 10.1. The van der Waals surface area contributed by atoms with E-state index in [4.69, 9.17) is 5.73 Å². The largest absolute Gasteiger partial charge is 0.370 e. The van der Waals surface area contributed by atoms with Gasteiger partial charge in [-0.2, -0.15) is 0 Å². The Kier molecular flexibility index (Phi) is 8.68. The number of carbonyl (C=O) groups is 1. The van der Waals surface area contributed by atoms with Crippen molar-refractivity contribution in [1.82, 2.24) is 10.2 Å². The molecule has 0 saturated carbocycles. The maximum Gasteiger partial charge on any atom is 0.251 e. The van der Waals surface area contributed by atoms with E-state index in [2.05, 4.69) is 41.6 Å². The average Bonchev–Trinajstić information content (AvgIpc) is 2.72. The highest BCUT2D eigenvalue weighted by molar-refractivity contribution is 5.94. The second-order valence-corrected chi connectivity index (χ2v) is 7.52. The van der Waals surface area contributed by atoms with Gasteiger partial charge in [-0.3, -0.25) is 4.79 Å². The summed E-state index contributed by atoms with van der Waals surface area (Å²) in [5.74, 6) is 0.815. The number of carbonyl (C=O) groups excluding carboxylic acids is 1. The van der Waals surface area contributed by atoms with Gasteiger partial charge in [-0.1, -0.05) is 38.1 Å². The van der Waals surface area contributed by atoms with Crippen molar-refractivity contribution in [3.8, 4) is 0 Å². The number of nitrogens with zero attached hydrogens (tertiary/aromatic N) is 2. The molecule has 0 heterocycles. The first-order chi connectivity index (χ1) is 13.9. The highest BCUT2D eigenvalue weighted by Gasteiger charge is 2.06. The zero-order valence-corrected chi connectivity index (χ0v) is 17.9. The van der Waals surface area contributed by atoms with Crippen LogP contribution in [0.4, 0.5) is 5.69 Å². The Morgan fingerprint density at radius 3 is 2.55 bits per heavy atom. The lowest BCUT2D eigenvalue weighted by Crippen LogP contribution is -2.31. The van der Waals surface area contributed by atoms with E-state index in [-0.39, 0.29) is 5.91 Å². The second-order valence-electron chi connectivity index (χ2n) is 7.52. The van der Waals surface area contributed by atoms with Crippen molar-refractivity contribution >= 4 is 17.6 Å². The number of aliphatic imine (C=N–C) groups is 1. The smallest absolute Gasteiger partial charge is 0.251 e. The molecule has 0 aliphatic rings. The number of benzene rings is 2. The molecule has 1 unspecified atom stereocenters. The van der Waals surface area contributed by atoms with Crippen molar-refractivity contribution in [2.75, 3.05) is 32.5 Å². The van der Waals surface area contributed by atoms with Crippen molar-refractivity contribution in [1.29, 1.82) is 0 Å². The van der Waals surface area contributed by atoms with Crippen molar-refractivity contribution in [3.63, 3.8) is 0 Å². The van der Waals surface area contributed by atoms with Crippen LogP contribution in [0.1, 0.15) is 47.7 Å². The molecule has 0 fully saturated rings. The highest BCUT2D eigenvalue weighted by atomic mass is 16.1. The quantitative estimate of drug-likeness (QED) is 0.449. The molecule has 0 radical (unpaired) electrons. The summed E-state index contributed by atoms with van der Waals surface area (Å²) in [6.07, 6.45) is 1.11. The first kappa shape index (κ1) is 22.4. The molecule has 6 nitrogen and oxygen atoms in total. The van der Waals surface area contributed by atoms with Crippen LogP contribution >= 0.6 is 0 Å². The molecule has 0 aliphatic carbocycles. The normalized spacial score (nSPS) is 12.7. The Morgan fingerprint density at radius 2 is 1.90 bits per heavy atom. The van der Waals surface area contributed by atoms with Gasteiger partial charge >= 0.3 is 0 Å². The molecule has 1 amide bonds. The monoisotopic (exact) mass is 395 g/mol. The summed E-state index contributed by atoms with van der Waals surface area (Å²) < 4.78 is 0. The molecule has 0 aliphatic heterocycles. The summed E-state index contributed by atoms with van der Waals surface area (Å²) in [5.41, 5.74) is 9.81. The number of nitrogens with one attached hydrogen (secondary N) is 2. The van der Waals surface area contributed by atoms with Gasteiger partial charge in [0.05, 0.1) is 6.54 Å². The minimum atomic E-state index is -0.0785. The van der Waals surface area contributed by atoms with Gasteiger partial charge in [-0.25, -0.2) is 4.99 Å². The van der Waals surface area contributed by atoms with E-state index in [1.54, 1.807) is 6.07 Å². The Morgan fingerprint density at radius 1 is 1.17 bits per heavy atom.